The number of aryl methyl sites for hydroxylation is 3. The molecule has 0 radical (unpaired) electrons. The van der Waals surface area contributed by atoms with Gasteiger partial charge in [-0.1, -0.05) is 68.3 Å². The quantitative estimate of drug-likeness (QED) is 0.276. The molecule has 3 aromatic carbocycles. The van der Waals surface area contributed by atoms with Crippen LogP contribution >= 0.6 is 11.6 Å². The highest BCUT2D eigenvalue weighted by Gasteiger charge is 2.33. The Morgan fingerprint density at radius 2 is 1.61 bits per heavy atom. The van der Waals surface area contributed by atoms with Gasteiger partial charge in [0.1, 0.15) is 12.6 Å². The first kappa shape index (κ1) is 32.2. The number of benzene rings is 3. The zero-order valence-corrected chi connectivity index (χ0v) is 26.2. The van der Waals surface area contributed by atoms with Crippen LogP contribution in [0, 0.1) is 26.7 Å². The van der Waals surface area contributed by atoms with Crippen LogP contribution in [0.1, 0.15) is 49.4 Å². The van der Waals surface area contributed by atoms with E-state index >= 15 is 0 Å². The molecule has 9 heteroatoms. The molecule has 0 aliphatic carbocycles. The van der Waals surface area contributed by atoms with E-state index in [1.165, 1.54) is 29.2 Å². The largest absolute Gasteiger partial charge is 0.354 e. The lowest BCUT2D eigenvalue weighted by Crippen LogP contribution is -2.52. The van der Waals surface area contributed by atoms with E-state index in [4.69, 9.17) is 11.6 Å². The van der Waals surface area contributed by atoms with E-state index in [0.717, 1.165) is 26.6 Å². The summed E-state index contributed by atoms with van der Waals surface area (Å²) in [5.41, 5.74) is 4.13. The van der Waals surface area contributed by atoms with Gasteiger partial charge in [0.25, 0.3) is 10.0 Å². The van der Waals surface area contributed by atoms with Gasteiger partial charge in [-0.3, -0.25) is 13.9 Å². The molecule has 3 aromatic rings. The minimum Gasteiger partial charge on any atom is -0.354 e. The Bertz CT molecular complexity index is 1470. The summed E-state index contributed by atoms with van der Waals surface area (Å²) in [5.74, 6) is -0.503. The highest BCUT2D eigenvalue weighted by atomic mass is 35.5. The molecule has 0 aliphatic rings. The van der Waals surface area contributed by atoms with Crippen LogP contribution in [0.2, 0.25) is 5.02 Å². The molecule has 0 spiro atoms. The van der Waals surface area contributed by atoms with Crippen LogP contribution in [-0.4, -0.2) is 44.3 Å². The third kappa shape index (κ3) is 8.33. The zero-order valence-electron chi connectivity index (χ0n) is 24.6. The van der Waals surface area contributed by atoms with Crippen molar-refractivity contribution in [1.82, 2.24) is 10.2 Å². The van der Waals surface area contributed by atoms with E-state index in [1.54, 1.807) is 12.1 Å². The second kappa shape index (κ2) is 14.0. The Labute approximate surface area is 249 Å². The highest BCUT2D eigenvalue weighted by Crippen LogP contribution is 2.27. The van der Waals surface area contributed by atoms with Gasteiger partial charge in [-0.15, -0.1) is 0 Å². The van der Waals surface area contributed by atoms with Crippen LogP contribution in [0.3, 0.4) is 0 Å². The molecule has 0 bridgehead atoms. The molecule has 220 valence electrons. The fourth-order valence-corrected chi connectivity index (χ4v) is 6.02. The summed E-state index contributed by atoms with van der Waals surface area (Å²) in [4.78, 5) is 29.0. The fraction of sp³-hybridized carbons (Fsp3) is 0.375. The number of sulfonamides is 1. The summed E-state index contributed by atoms with van der Waals surface area (Å²) in [7, 11) is -4.16. The zero-order chi connectivity index (χ0) is 30.3. The normalized spacial score (nSPS) is 12.2. The average molecular weight is 598 g/mol. The molecule has 0 aromatic heterocycles. The number of nitrogens with one attached hydrogen (secondary N) is 1. The monoisotopic (exact) mass is 597 g/mol. The number of carbonyl (C=O) groups is 2. The third-order valence-corrected chi connectivity index (χ3v) is 9.00. The molecule has 0 heterocycles. The van der Waals surface area contributed by atoms with Gasteiger partial charge in [0.2, 0.25) is 11.8 Å². The Kier molecular flexibility index (Phi) is 11.0. The Morgan fingerprint density at radius 1 is 0.927 bits per heavy atom. The maximum atomic E-state index is 14.2. The predicted molar refractivity (Wildman–Crippen MR) is 166 cm³/mol. The van der Waals surface area contributed by atoms with E-state index in [2.05, 4.69) is 5.32 Å². The standard InChI is InChI=1S/C32H40ClN3O4S/c1-7-30(32(38)34-19-22(2)3)35(20-26-10-8-9-23(4)17-26)31(37)21-36(28-14-11-24(5)25(6)18-28)41(39,40)29-15-12-27(33)13-16-29/h8-18,22,30H,7,19-21H2,1-6H3,(H,34,38). The second-order valence-corrected chi connectivity index (χ2v) is 13.1. The fourth-order valence-electron chi connectivity index (χ4n) is 4.49. The van der Waals surface area contributed by atoms with Gasteiger partial charge in [-0.2, -0.15) is 0 Å². The van der Waals surface area contributed by atoms with Crippen molar-refractivity contribution in [2.24, 2.45) is 5.92 Å². The van der Waals surface area contributed by atoms with Gasteiger partial charge in [-0.05, 0) is 86.2 Å². The van der Waals surface area contributed by atoms with Crippen molar-refractivity contribution in [1.29, 1.82) is 0 Å². The molecule has 0 aliphatic heterocycles. The van der Waals surface area contributed by atoms with Crippen LogP contribution in [0.4, 0.5) is 5.69 Å². The smallest absolute Gasteiger partial charge is 0.264 e. The summed E-state index contributed by atoms with van der Waals surface area (Å²) < 4.78 is 29.1. The minimum absolute atomic E-state index is 0.0138. The average Bonchev–Trinajstić information content (AvgIpc) is 2.92. The molecule has 3 rings (SSSR count). The van der Waals surface area contributed by atoms with Gasteiger partial charge in [0, 0.05) is 18.1 Å². The van der Waals surface area contributed by atoms with Crippen molar-refractivity contribution in [3.05, 3.63) is 94.0 Å². The van der Waals surface area contributed by atoms with E-state index in [9.17, 15) is 18.0 Å². The van der Waals surface area contributed by atoms with Gasteiger partial charge in [0.05, 0.1) is 10.6 Å². The van der Waals surface area contributed by atoms with Gasteiger partial charge in [0.15, 0.2) is 0 Å². The van der Waals surface area contributed by atoms with Crippen LogP contribution in [-0.2, 0) is 26.2 Å². The lowest BCUT2D eigenvalue weighted by molar-refractivity contribution is -0.140. The van der Waals surface area contributed by atoms with Gasteiger partial charge in [-0.25, -0.2) is 8.42 Å². The van der Waals surface area contributed by atoms with E-state index in [1.807, 2.05) is 71.9 Å². The molecule has 0 saturated carbocycles. The first-order chi connectivity index (χ1) is 19.3. The van der Waals surface area contributed by atoms with Crippen molar-refractivity contribution in [2.75, 3.05) is 17.4 Å². The van der Waals surface area contributed by atoms with Crippen LogP contribution < -0.4 is 9.62 Å². The number of carbonyl (C=O) groups excluding carboxylic acids is 2. The van der Waals surface area contributed by atoms with E-state index < -0.39 is 28.5 Å². The summed E-state index contributed by atoms with van der Waals surface area (Å²) in [6.07, 6.45) is 0.370. The molecule has 0 fully saturated rings. The molecule has 7 nitrogen and oxygen atoms in total. The van der Waals surface area contributed by atoms with Gasteiger partial charge >= 0.3 is 0 Å². The van der Waals surface area contributed by atoms with Crippen molar-refractivity contribution in [2.45, 2.75) is 65.4 Å². The molecular formula is C32H40ClN3O4S. The predicted octanol–water partition coefficient (Wildman–Crippen LogP) is 6.04. The summed E-state index contributed by atoms with van der Waals surface area (Å²) in [6.45, 7) is 11.8. The number of hydrogen-bond acceptors (Lipinski definition) is 4. The van der Waals surface area contributed by atoms with Crippen LogP contribution in [0.5, 0.6) is 0 Å². The van der Waals surface area contributed by atoms with Crippen molar-refractivity contribution < 1.29 is 18.0 Å². The van der Waals surface area contributed by atoms with Crippen molar-refractivity contribution in [3.8, 4) is 0 Å². The molecule has 2 amide bonds. The molecular weight excluding hydrogens is 558 g/mol. The minimum atomic E-state index is -4.16. The number of halogens is 1. The van der Waals surface area contributed by atoms with Crippen LogP contribution in [0.15, 0.2) is 71.6 Å². The maximum Gasteiger partial charge on any atom is 0.264 e. The number of anilines is 1. The van der Waals surface area contributed by atoms with E-state index in [-0.39, 0.29) is 23.3 Å². The van der Waals surface area contributed by atoms with Gasteiger partial charge < -0.3 is 10.2 Å². The SMILES string of the molecule is CCC(C(=O)NCC(C)C)N(Cc1cccc(C)c1)C(=O)CN(c1ccc(C)c(C)c1)S(=O)(=O)c1ccc(Cl)cc1. The number of nitrogens with zero attached hydrogens (tertiary/aromatic N) is 2. The molecule has 1 N–H and O–H groups in total. The first-order valence-electron chi connectivity index (χ1n) is 13.8. The van der Waals surface area contributed by atoms with E-state index in [0.29, 0.717) is 23.7 Å². The second-order valence-electron chi connectivity index (χ2n) is 10.8. The van der Waals surface area contributed by atoms with Crippen molar-refractivity contribution in [3.63, 3.8) is 0 Å². The first-order valence-corrected chi connectivity index (χ1v) is 15.6. The third-order valence-electron chi connectivity index (χ3n) is 6.96. The van der Waals surface area contributed by atoms with Crippen molar-refractivity contribution >= 4 is 39.1 Å². The number of amides is 2. The lowest BCUT2D eigenvalue weighted by atomic mass is 10.1. The summed E-state index contributed by atoms with van der Waals surface area (Å²) in [5, 5.41) is 3.35. The number of rotatable bonds is 12. The number of hydrogen-bond donors (Lipinski definition) is 1. The molecule has 1 atom stereocenters. The topological polar surface area (TPSA) is 86.8 Å². The Hall–Kier alpha value is -3.36. The summed E-state index contributed by atoms with van der Waals surface area (Å²) >= 11 is 6.03. The molecule has 1 unspecified atom stereocenters. The Balaban J connectivity index is 2.07. The Morgan fingerprint density at radius 3 is 2.20 bits per heavy atom. The highest BCUT2D eigenvalue weighted by molar-refractivity contribution is 7.92. The van der Waals surface area contributed by atoms with Crippen LogP contribution in [0.25, 0.3) is 0 Å². The molecule has 0 saturated heterocycles. The summed E-state index contributed by atoms with van der Waals surface area (Å²) in [6, 6.07) is 18.1. The lowest BCUT2D eigenvalue weighted by Gasteiger charge is -2.33. The maximum absolute atomic E-state index is 14.2. The molecule has 41 heavy (non-hydrogen) atoms.